The first kappa shape index (κ1) is 19.2. The Balaban J connectivity index is 1.47. The van der Waals surface area contributed by atoms with Gasteiger partial charge in [-0.15, -0.1) is 0 Å². The van der Waals surface area contributed by atoms with E-state index in [0.717, 1.165) is 23.8 Å². The van der Waals surface area contributed by atoms with Crippen LogP contribution in [-0.4, -0.2) is 18.2 Å². The van der Waals surface area contributed by atoms with Crippen LogP contribution in [0.1, 0.15) is 48.3 Å². The van der Waals surface area contributed by atoms with E-state index in [-0.39, 0.29) is 5.92 Å². The standard InChI is InChI=1S/C27H29NO2/c1-29-25-10-9-22(18-27(25)30-26-17-20-7-8-23(26)15-20)24(21-5-3-2-4-6-21)16-19-11-13-28-14-12-19/h2-6,9-14,18,20,23-24,26H,7-8,15-17H2,1H3/t20-,23-,24-,26-/m1/s1. The van der Waals surface area contributed by atoms with Crippen LogP contribution >= 0.6 is 0 Å². The van der Waals surface area contributed by atoms with Crippen molar-refractivity contribution in [3.8, 4) is 11.5 Å². The van der Waals surface area contributed by atoms with Gasteiger partial charge < -0.3 is 9.47 Å². The summed E-state index contributed by atoms with van der Waals surface area (Å²) in [5, 5.41) is 0. The summed E-state index contributed by atoms with van der Waals surface area (Å²) in [5.74, 6) is 3.55. The molecular weight excluding hydrogens is 370 g/mol. The van der Waals surface area contributed by atoms with Crippen molar-refractivity contribution >= 4 is 0 Å². The molecule has 0 radical (unpaired) electrons. The molecule has 2 aliphatic carbocycles. The molecule has 0 spiro atoms. The van der Waals surface area contributed by atoms with E-state index in [1.807, 2.05) is 12.4 Å². The molecule has 1 aromatic heterocycles. The number of ether oxygens (including phenoxy) is 2. The van der Waals surface area contributed by atoms with Crippen molar-refractivity contribution in [2.24, 2.45) is 11.8 Å². The fourth-order valence-electron chi connectivity index (χ4n) is 5.36. The quantitative estimate of drug-likeness (QED) is 0.486. The first-order valence-electron chi connectivity index (χ1n) is 11.1. The Labute approximate surface area is 179 Å². The first-order valence-corrected chi connectivity index (χ1v) is 11.1. The molecule has 3 heteroatoms. The molecular formula is C27H29NO2. The van der Waals surface area contributed by atoms with Gasteiger partial charge in [-0.25, -0.2) is 0 Å². The van der Waals surface area contributed by atoms with E-state index in [1.165, 1.54) is 42.4 Å². The van der Waals surface area contributed by atoms with Crippen molar-refractivity contribution in [3.05, 3.63) is 89.7 Å². The lowest BCUT2D eigenvalue weighted by atomic mass is 9.86. The highest BCUT2D eigenvalue weighted by Gasteiger charge is 2.41. The summed E-state index contributed by atoms with van der Waals surface area (Å²) in [5.41, 5.74) is 3.85. The highest BCUT2D eigenvalue weighted by atomic mass is 16.5. The number of rotatable bonds is 7. The molecule has 3 aromatic rings. The van der Waals surface area contributed by atoms with Gasteiger partial charge in [0, 0.05) is 18.3 Å². The third-order valence-electron chi connectivity index (χ3n) is 6.93. The molecule has 154 valence electrons. The first-order chi connectivity index (χ1) is 14.8. The van der Waals surface area contributed by atoms with Crippen LogP contribution in [-0.2, 0) is 6.42 Å². The zero-order valence-corrected chi connectivity index (χ0v) is 17.5. The summed E-state index contributed by atoms with van der Waals surface area (Å²) in [6.45, 7) is 0. The predicted molar refractivity (Wildman–Crippen MR) is 119 cm³/mol. The Morgan fingerprint density at radius 1 is 0.900 bits per heavy atom. The van der Waals surface area contributed by atoms with E-state index in [2.05, 4.69) is 65.6 Å². The zero-order valence-electron chi connectivity index (χ0n) is 17.5. The average Bonchev–Trinajstić information content (AvgIpc) is 3.42. The molecule has 0 aliphatic heterocycles. The van der Waals surface area contributed by atoms with E-state index in [1.54, 1.807) is 7.11 Å². The van der Waals surface area contributed by atoms with Crippen LogP contribution in [0.4, 0.5) is 0 Å². The number of nitrogens with zero attached hydrogens (tertiary/aromatic N) is 1. The lowest BCUT2D eigenvalue weighted by molar-refractivity contribution is 0.133. The lowest BCUT2D eigenvalue weighted by Crippen LogP contribution is -2.23. The number of pyridine rings is 1. The Bertz CT molecular complexity index is 973. The van der Waals surface area contributed by atoms with Gasteiger partial charge in [0.15, 0.2) is 11.5 Å². The second-order valence-corrected chi connectivity index (χ2v) is 8.76. The molecule has 3 nitrogen and oxygen atoms in total. The summed E-state index contributed by atoms with van der Waals surface area (Å²) in [6.07, 6.45) is 10.2. The molecule has 4 atom stereocenters. The topological polar surface area (TPSA) is 31.4 Å². The Morgan fingerprint density at radius 2 is 1.73 bits per heavy atom. The number of benzene rings is 2. The third-order valence-corrected chi connectivity index (χ3v) is 6.93. The van der Waals surface area contributed by atoms with Crippen LogP contribution in [0.3, 0.4) is 0 Å². The molecule has 30 heavy (non-hydrogen) atoms. The minimum atomic E-state index is 0.252. The number of aromatic nitrogens is 1. The van der Waals surface area contributed by atoms with E-state index >= 15 is 0 Å². The van der Waals surface area contributed by atoms with Gasteiger partial charge in [0.2, 0.25) is 0 Å². The van der Waals surface area contributed by atoms with Gasteiger partial charge in [0.05, 0.1) is 7.11 Å². The normalized spacial score (nSPS) is 23.3. The average molecular weight is 400 g/mol. The fraction of sp³-hybridized carbons (Fsp3) is 0.370. The van der Waals surface area contributed by atoms with E-state index < -0.39 is 0 Å². The maximum Gasteiger partial charge on any atom is 0.161 e. The van der Waals surface area contributed by atoms with Crippen LogP contribution in [0.15, 0.2) is 73.1 Å². The second kappa shape index (κ2) is 8.51. The summed E-state index contributed by atoms with van der Waals surface area (Å²) in [4.78, 5) is 4.17. The molecule has 2 aromatic carbocycles. The van der Waals surface area contributed by atoms with Gasteiger partial charge in [-0.2, -0.15) is 0 Å². The van der Waals surface area contributed by atoms with Crippen molar-refractivity contribution in [2.75, 3.05) is 7.11 Å². The lowest BCUT2D eigenvalue weighted by Gasteiger charge is -2.25. The molecule has 2 bridgehead atoms. The van der Waals surface area contributed by atoms with E-state index in [4.69, 9.17) is 9.47 Å². The highest BCUT2D eigenvalue weighted by molar-refractivity contribution is 5.47. The van der Waals surface area contributed by atoms with E-state index in [9.17, 15) is 0 Å². The minimum absolute atomic E-state index is 0.252. The molecule has 2 aliphatic rings. The van der Waals surface area contributed by atoms with Crippen LogP contribution in [0.25, 0.3) is 0 Å². The minimum Gasteiger partial charge on any atom is -0.493 e. The maximum atomic E-state index is 6.57. The molecule has 0 amide bonds. The molecule has 1 heterocycles. The largest absolute Gasteiger partial charge is 0.493 e. The van der Waals surface area contributed by atoms with Gasteiger partial charge >= 0.3 is 0 Å². The van der Waals surface area contributed by atoms with Crippen LogP contribution in [0, 0.1) is 11.8 Å². The summed E-state index contributed by atoms with van der Waals surface area (Å²) >= 11 is 0. The summed E-state index contributed by atoms with van der Waals surface area (Å²) < 4.78 is 12.2. The van der Waals surface area contributed by atoms with Gasteiger partial charge in [0.25, 0.3) is 0 Å². The molecule has 0 unspecified atom stereocenters. The number of fused-ring (bicyclic) bond motifs is 2. The molecule has 2 saturated carbocycles. The monoisotopic (exact) mass is 399 g/mol. The van der Waals surface area contributed by atoms with E-state index in [0.29, 0.717) is 12.0 Å². The zero-order chi connectivity index (χ0) is 20.3. The Hall–Kier alpha value is -2.81. The van der Waals surface area contributed by atoms with Crippen molar-refractivity contribution in [2.45, 2.75) is 44.1 Å². The SMILES string of the molecule is COc1ccc([C@H](Cc2ccncc2)c2ccccc2)cc1O[C@@H]1C[C@@H]2CC[C@@H]1C2. The van der Waals surface area contributed by atoms with Gasteiger partial charge in [-0.1, -0.05) is 36.4 Å². The highest BCUT2D eigenvalue weighted by Crippen LogP contribution is 2.47. The van der Waals surface area contributed by atoms with Gasteiger partial charge in [-0.3, -0.25) is 4.98 Å². The van der Waals surface area contributed by atoms with Crippen LogP contribution < -0.4 is 9.47 Å². The van der Waals surface area contributed by atoms with Gasteiger partial charge in [0.1, 0.15) is 6.10 Å². The second-order valence-electron chi connectivity index (χ2n) is 8.76. The van der Waals surface area contributed by atoms with Crippen LogP contribution in [0.5, 0.6) is 11.5 Å². The van der Waals surface area contributed by atoms with Crippen molar-refractivity contribution in [3.63, 3.8) is 0 Å². The van der Waals surface area contributed by atoms with Crippen molar-refractivity contribution < 1.29 is 9.47 Å². The molecule has 0 saturated heterocycles. The maximum absolute atomic E-state index is 6.57. The molecule has 0 N–H and O–H groups in total. The van der Waals surface area contributed by atoms with Crippen molar-refractivity contribution in [1.82, 2.24) is 4.98 Å². The number of hydrogen-bond donors (Lipinski definition) is 0. The smallest absolute Gasteiger partial charge is 0.161 e. The number of hydrogen-bond acceptors (Lipinski definition) is 3. The summed E-state index contributed by atoms with van der Waals surface area (Å²) in [6, 6.07) is 21.4. The van der Waals surface area contributed by atoms with Gasteiger partial charge in [-0.05, 0) is 84.9 Å². The number of methoxy groups -OCH3 is 1. The molecule has 5 rings (SSSR count). The Morgan fingerprint density at radius 3 is 2.43 bits per heavy atom. The Kier molecular flexibility index (Phi) is 5.44. The third kappa shape index (κ3) is 3.94. The van der Waals surface area contributed by atoms with Crippen LogP contribution in [0.2, 0.25) is 0 Å². The molecule has 2 fully saturated rings. The summed E-state index contributed by atoms with van der Waals surface area (Å²) in [7, 11) is 1.73. The predicted octanol–water partition coefficient (Wildman–Crippen LogP) is 6.03. The fourth-order valence-corrected chi connectivity index (χ4v) is 5.36. The van der Waals surface area contributed by atoms with Crippen molar-refractivity contribution in [1.29, 1.82) is 0 Å².